The number of hydrogen-bond acceptors (Lipinski definition) is 4. The Morgan fingerprint density at radius 1 is 1.00 bits per heavy atom. The van der Waals surface area contributed by atoms with Crippen molar-refractivity contribution >= 4 is 39.4 Å². The minimum Gasteiger partial charge on any atom is -0.396 e. The molecule has 0 fully saturated rings. The van der Waals surface area contributed by atoms with Crippen LogP contribution in [0.1, 0.15) is 10.4 Å². The Balaban J connectivity index is 2.09. The fourth-order valence-corrected chi connectivity index (χ4v) is 2.90. The molecule has 3 rings (SSSR count). The van der Waals surface area contributed by atoms with E-state index >= 15 is 0 Å². The van der Waals surface area contributed by atoms with E-state index in [-0.39, 0.29) is 0 Å². The van der Waals surface area contributed by atoms with Gasteiger partial charge in [-0.25, -0.2) is 4.98 Å². The molecule has 1 heterocycles. The van der Waals surface area contributed by atoms with Gasteiger partial charge in [0.1, 0.15) is 0 Å². The molecule has 0 saturated carbocycles. The summed E-state index contributed by atoms with van der Waals surface area (Å²) in [5.74, 6) is 0.600. The Morgan fingerprint density at radius 2 is 1.78 bits per heavy atom. The number of nitrogens with one attached hydrogen (secondary N) is 1. The number of aldehydes is 1. The minimum atomic E-state index is 0.572. The number of nitrogens with zero attached hydrogens (tertiary/aromatic N) is 1. The molecule has 3 aromatic rings. The van der Waals surface area contributed by atoms with Crippen molar-refractivity contribution in [3.05, 3.63) is 70.8 Å². The smallest absolute Gasteiger partial charge is 0.153 e. The molecule has 3 N–H and O–H groups in total. The van der Waals surface area contributed by atoms with Gasteiger partial charge in [-0.1, -0.05) is 36.4 Å². The minimum absolute atomic E-state index is 0.572. The summed E-state index contributed by atoms with van der Waals surface area (Å²) in [5, 5.41) is 3.26. The second-order valence-electron chi connectivity index (χ2n) is 4.94. The van der Waals surface area contributed by atoms with Gasteiger partial charge >= 0.3 is 0 Å². The first-order valence-corrected chi connectivity index (χ1v) is 7.80. The van der Waals surface area contributed by atoms with E-state index in [4.69, 9.17) is 5.73 Å². The molecule has 0 spiro atoms. The molecule has 0 aliphatic rings. The lowest BCUT2D eigenvalue weighted by Crippen LogP contribution is -2.00. The van der Waals surface area contributed by atoms with Crippen molar-refractivity contribution in [2.24, 2.45) is 0 Å². The number of para-hydroxylation sites is 1. The summed E-state index contributed by atoms with van der Waals surface area (Å²) in [6.45, 7) is 0. The third kappa shape index (κ3) is 3.10. The van der Waals surface area contributed by atoms with Gasteiger partial charge in [-0.05, 0) is 39.7 Å². The number of nitrogen functional groups attached to an aromatic ring is 1. The lowest BCUT2D eigenvalue weighted by atomic mass is 10.0. The Kier molecular flexibility index (Phi) is 4.39. The third-order valence-corrected chi connectivity index (χ3v) is 4.35. The Labute approximate surface area is 142 Å². The summed E-state index contributed by atoms with van der Waals surface area (Å²) < 4.78 is 0.762. The third-order valence-electron chi connectivity index (χ3n) is 3.46. The van der Waals surface area contributed by atoms with E-state index < -0.39 is 0 Å². The van der Waals surface area contributed by atoms with Crippen molar-refractivity contribution in [2.45, 2.75) is 0 Å². The van der Waals surface area contributed by atoms with E-state index in [0.29, 0.717) is 17.1 Å². The normalized spacial score (nSPS) is 10.3. The van der Waals surface area contributed by atoms with Gasteiger partial charge in [0.15, 0.2) is 12.1 Å². The van der Waals surface area contributed by atoms with Crippen LogP contribution in [0, 0.1) is 0 Å². The van der Waals surface area contributed by atoms with Gasteiger partial charge < -0.3 is 11.1 Å². The van der Waals surface area contributed by atoms with E-state index in [1.165, 1.54) is 0 Å². The fraction of sp³-hybridized carbons (Fsp3) is 0. The summed E-state index contributed by atoms with van der Waals surface area (Å²) in [6.07, 6.45) is 2.52. The van der Waals surface area contributed by atoms with Crippen molar-refractivity contribution in [3.8, 4) is 11.1 Å². The lowest BCUT2D eigenvalue weighted by Gasteiger charge is -2.14. The summed E-state index contributed by atoms with van der Waals surface area (Å²) in [7, 11) is 0. The van der Waals surface area contributed by atoms with Gasteiger partial charge in [0.25, 0.3) is 0 Å². The average Bonchev–Trinajstić information content (AvgIpc) is 2.58. The molecule has 0 saturated heterocycles. The predicted octanol–water partition coefficient (Wildman–Crippen LogP) is 4.65. The SMILES string of the molecule is Nc1cccnc1Nc1ccccc1-c1cccc(C=O)c1Br. The Hall–Kier alpha value is -2.66. The second kappa shape index (κ2) is 6.62. The molecular weight excluding hydrogens is 354 g/mol. The maximum absolute atomic E-state index is 11.2. The average molecular weight is 368 g/mol. The zero-order valence-electron chi connectivity index (χ0n) is 12.2. The highest BCUT2D eigenvalue weighted by Gasteiger charge is 2.12. The quantitative estimate of drug-likeness (QED) is 0.658. The molecule has 0 aliphatic heterocycles. The number of carbonyl (C=O) groups excluding carboxylic acids is 1. The van der Waals surface area contributed by atoms with E-state index in [2.05, 4.69) is 26.2 Å². The number of pyridine rings is 1. The summed E-state index contributed by atoms with van der Waals surface area (Å²) in [6, 6.07) is 17.0. The molecule has 5 heteroatoms. The highest BCUT2D eigenvalue weighted by atomic mass is 79.9. The van der Waals surface area contributed by atoms with Gasteiger partial charge in [-0.15, -0.1) is 0 Å². The van der Waals surface area contributed by atoms with Crippen molar-refractivity contribution in [1.29, 1.82) is 0 Å². The van der Waals surface area contributed by atoms with Crippen LogP contribution in [0.4, 0.5) is 17.2 Å². The molecule has 114 valence electrons. The van der Waals surface area contributed by atoms with Gasteiger partial charge in [0.05, 0.1) is 5.69 Å². The standard InChI is InChI=1S/C18H14BrN3O/c19-17-12(11-23)5-3-7-14(17)13-6-1-2-9-16(13)22-18-15(20)8-4-10-21-18/h1-11H,20H2,(H,21,22). The number of benzene rings is 2. The molecule has 4 nitrogen and oxygen atoms in total. The van der Waals surface area contributed by atoms with E-state index in [1.54, 1.807) is 24.4 Å². The van der Waals surface area contributed by atoms with Gasteiger partial charge in [-0.3, -0.25) is 4.79 Å². The predicted molar refractivity (Wildman–Crippen MR) is 96.9 cm³/mol. The number of anilines is 3. The van der Waals surface area contributed by atoms with E-state index in [0.717, 1.165) is 27.6 Å². The van der Waals surface area contributed by atoms with Crippen LogP contribution >= 0.6 is 15.9 Å². The van der Waals surface area contributed by atoms with Crippen LogP contribution in [-0.4, -0.2) is 11.3 Å². The molecular formula is C18H14BrN3O. The van der Waals surface area contributed by atoms with Gasteiger partial charge in [0, 0.05) is 27.5 Å². The van der Waals surface area contributed by atoms with Crippen molar-refractivity contribution < 1.29 is 4.79 Å². The number of rotatable bonds is 4. The second-order valence-corrected chi connectivity index (χ2v) is 5.73. The first-order valence-electron chi connectivity index (χ1n) is 7.01. The van der Waals surface area contributed by atoms with Crippen LogP contribution in [0.25, 0.3) is 11.1 Å². The van der Waals surface area contributed by atoms with E-state index in [1.807, 2.05) is 36.4 Å². The zero-order valence-corrected chi connectivity index (χ0v) is 13.7. The monoisotopic (exact) mass is 367 g/mol. The highest BCUT2D eigenvalue weighted by molar-refractivity contribution is 9.10. The molecule has 2 aromatic carbocycles. The number of carbonyl (C=O) groups is 1. The first-order chi connectivity index (χ1) is 11.2. The molecule has 1 aromatic heterocycles. The fourth-order valence-electron chi connectivity index (χ4n) is 2.33. The van der Waals surface area contributed by atoms with Crippen molar-refractivity contribution in [3.63, 3.8) is 0 Å². The summed E-state index contributed by atoms with van der Waals surface area (Å²) in [5.41, 5.74) is 9.87. The molecule has 0 bridgehead atoms. The van der Waals surface area contributed by atoms with Gasteiger partial charge in [-0.2, -0.15) is 0 Å². The number of halogens is 1. The summed E-state index contributed by atoms with van der Waals surface area (Å²) in [4.78, 5) is 15.4. The van der Waals surface area contributed by atoms with E-state index in [9.17, 15) is 4.79 Å². The highest BCUT2D eigenvalue weighted by Crippen LogP contribution is 2.36. The maximum Gasteiger partial charge on any atom is 0.153 e. The molecule has 0 atom stereocenters. The topological polar surface area (TPSA) is 68.0 Å². The molecule has 0 radical (unpaired) electrons. The maximum atomic E-state index is 11.2. The van der Waals surface area contributed by atoms with Crippen LogP contribution in [0.15, 0.2) is 65.3 Å². The number of hydrogen-bond donors (Lipinski definition) is 2. The van der Waals surface area contributed by atoms with Gasteiger partial charge in [0.2, 0.25) is 0 Å². The lowest BCUT2D eigenvalue weighted by molar-refractivity contribution is 0.112. The first kappa shape index (κ1) is 15.2. The Bertz CT molecular complexity index is 864. The largest absolute Gasteiger partial charge is 0.396 e. The van der Waals surface area contributed by atoms with Crippen LogP contribution in [0.2, 0.25) is 0 Å². The zero-order chi connectivity index (χ0) is 16.2. The molecule has 0 amide bonds. The number of aromatic nitrogens is 1. The molecule has 0 aliphatic carbocycles. The van der Waals surface area contributed by atoms with Crippen molar-refractivity contribution in [1.82, 2.24) is 4.98 Å². The Morgan fingerprint density at radius 3 is 2.57 bits per heavy atom. The summed E-state index contributed by atoms with van der Waals surface area (Å²) >= 11 is 3.51. The van der Waals surface area contributed by atoms with Crippen LogP contribution in [-0.2, 0) is 0 Å². The number of nitrogens with two attached hydrogens (primary N) is 1. The van der Waals surface area contributed by atoms with Crippen LogP contribution in [0.3, 0.4) is 0 Å². The van der Waals surface area contributed by atoms with Crippen LogP contribution in [0.5, 0.6) is 0 Å². The molecule has 23 heavy (non-hydrogen) atoms. The van der Waals surface area contributed by atoms with Crippen molar-refractivity contribution in [2.75, 3.05) is 11.1 Å². The molecule has 0 unspecified atom stereocenters. The van der Waals surface area contributed by atoms with Crippen LogP contribution < -0.4 is 11.1 Å².